The van der Waals surface area contributed by atoms with Crippen molar-refractivity contribution in [2.75, 3.05) is 14.2 Å². The van der Waals surface area contributed by atoms with Gasteiger partial charge in [0.25, 0.3) is 0 Å². The fraction of sp³-hybridized carbons (Fsp3) is 0.118. The number of rotatable bonds is 5. The molecular weight excluding hydrogens is 252 g/mol. The second kappa shape index (κ2) is 6.57. The molecule has 0 aliphatic rings. The van der Waals surface area contributed by atoms with Crippen LogP contribution in [-0.4, -0.2) is 20.5 Å². The van der Waals surface area contributed by atoms with E-state index in [1.54, 1.807) is 26.4 Å². The van der Waals surface area contributed by atoms with Crippen molar-refractivity contribution in [3.8, 4) is 11.5 Å². The van der Waals surface area contributed by atoms with Gasteiger partial charge >= 0.3 is 0 Å². The molecule has 0 heterocycles. The Morgan fingerprint density at radius 2 is 1.55 bits per heavy atom. The number of hydrogen-bond acceptors (Lipinski definition) is 3. The number of methoxy groups -OCH3 is 2. The third-order valence-electron chi connectivity index (χ3n) is 2.96. The minimum absolute atomic E-state index is 0.668. The van der Waals surface area contributed by atoms with Gasteiger partial charge in [0.1, 0.15) is 17.8 Å². The molecule has 0 fully saturated rings. The lowest BCUT2D eigenvalue weighted by Gasteiger charge is -2.07. The van der Waals surface area contributed by atoms with E-state index in [2.05, 4.69) is 0 Å². The molecule has 0 atom stereocenters. The molecule has 102 valence electrons. The normalized spacial score (nSPS) is 10.5. The zero-order valence-corrected chi connectivity index (χ0v) is 11.5. The van der Waals surface area contributed by atoms with Gasteiger partial charge in [-0.25, -0.2) is 0 Å². The van der Waals surface area contributed by atoms with Gasteiger partial charge in [-0.1, -0.05) is 36.4 Å². The van der Waals surface area contributed by atoms with Gasteiger partial charge in [-0.3, -0.25) is 4.79 Å². The Bertz CT molecular complexity index is 613. The summed E-state index contributed by atoms with van der Waals surface area (Å²) in [6.45, 7) is 0. The lowest BCUT2D eigenvalue weighted by atomic mass is 10.1. The van der Waals surface area contributed by atoms with Crippen LogP contribution in [0.5, 0.6) is 11.5 Å². The molecule has 0 bridgehead atoms. The van der Waals surface area contributed by atoms with Crippen LogP contribution in [-0.2, 0) is 0 Å². The molecule has 0 aliphatic carbocycles. The van der Waals surface area contributed by atoms with Gasteiger partial charge in [0.15, 0.2) is 0 Å². The van der Waals surface area contributed by atoms with Gasteiger partial charge < -0.3 is 9.47 Å². The van der Waals surface area contributed by atoms with Crippen molar-refractivity contribution in [1.29, 1.82) is 0 Å². The number of aldehydes is 1. The third kappa shape index (κ3) is 3.26. The van der Waals surface area contributed by atoms with E-state index in [1.807, 2.05) is 42.5 Å². The SMILES string of the molecule is COc1ccc(OC)c(/C=C/c2ccc(C=O)cc2)c1. The first-order chi connectivity index (χ1) is 9.76. The van der Waals surface area contributed by atoms with Gasteiger partial charge in [0.05, 0.1) is 14.2 Å². The van der Waals surface area contributed by atoms with Crippen molar-refractivity contribution < 1.29 is 14.3 Å². The molecule has 2 aromatic carbocycles. The van der Waals surface area contributed by atoms with Crippen molar-refractivity contribution in [2.24, 2.45) is 0 Å². The van der Waals surface area contributed by atoms with Crippen LogP contribution in [0, 0.1) is 0 Å². The molecule has 20 heavy (non-hydrogen) atoms. The number of hydrogen-bond donors (Lipinski definition) is 0. The summed E-state index contributed by atoms with van der Waals surface area (Å²) in [5, 5.41) is 0. The molecule has 2 rings (SSSR count). The van der Waals surface area contributed by atoms with Crippen LogP contribution < -0.4 is 9.47 Å². The molecule has 0 radical (unpaired) electrons. The molecule has 0 unspecified atom stereocenters. The maximum absolute atomic E-state index is 10.6. The molecule has 3 nitrogen and oxygen atoms in total. The van der Waals surface area contributed by atoms with Crippen molar-refractivity contribution >= 4 is 18.4 Å². The largest absolute Gasteiger partial charge is 0.497 e. The van der Waals surface area contributed by atoms with Crippen molar-refractivity contribution in [1.82, 2.24) is 0 Å². The fourth-order valence-electron chi connectivity index (χ4n) is 1.84. The highest BCUT2D eigenvalue weighted by atomic mass is 16.5. The summed E-state index contributed by atoms with van der Waals surface area (Å²) in [5.74, 6) is 1.56. The second-order valence-electron chi connectivity index (χ2n) is 4.23. The average molecular weight is 268 g/mol. The van der Waals surface area contributed by atoms with E-state index < -0.39 is 0 Å². The van der Waals surface area contributed by atoms with E-state index in [9.17, 15) is 4.79 Å². The van der Waals surface area contributed by atoms with Crippen LogP contribution in [0.2, 0.25) is 0 Å². The van der Waals surface area contributed by atoms with E-state index in [0.717, 1.165) is 28.9 Å². The van der Waals surface area contributed by atoms with Crippen LogP contribution in [0.3, 0.4) is 0 Å². The first-order valence-corrected chi connectivity index (χ1v) is 6.22. The number of ether oxygens (including phenoxy) is 2. The van der Waals surface area contributed by atoms with Gasteiger partial charge in [-0.2, -0.15) is 0 Å². The van der Waals surface area contributed by atoms with Crippen molar-refractivity contribution in [3.05, 3.63) is 59.2 Å². The molecule has 3 heteroatoms. The van der Waals surface area contributed by atoms with Crippen LogP contribution in [0.4, 0.5) is 0 Å². The van der Waals surface area contributed by atoms with Gasteiger partial charge in [0, 0.05) is 11.1 Å². The quantitative estimate of drug-likeness (QED) is 0.613. The van der Waals surface area contributed by atoms with Gasteiger partial charge in [-0.05, 0) is 23.8 Å². The smallest absolute Gasteiger partial charge is 0.150 e. The number of carbonyl (C=O) groups is 1. The Labute approximate surface area is 118 Å². The maximum Gasteiger partial charge on any atom is 0.150 e. The zero-order valence-electron chi connectivity index (χ0n) is 11.5. The molecule has 2 aromatic rings. The minimum atomic E-state index is 0.668. The summed E-state index contributed by atoms with van der Waals surface area (Å²) in [5.41, 5.74) is 2.62. The lowest BCUT2D eigenvalue weighted by Crippen LogP contribution is -1.89. The van der Waals surface area contributed by atoms with E-state index in [0.29, 0.717) is 5.56 Å². The van der Waals surface area contributed by atoms with Crippen LogP contribution >= 0.6 is 0 Å². The topological polar surface area (TPSA) is 35.5 Å². The van der Waals surface area contributed by atoms with Crippen LogP contribution in [0.1, 0.15) is 21.5 Å². The Balaban J connectivity index is 2.26. The van der Waals surface area contributed by atoms with E-state index >= 15 is 0 Å². The Morgan fingerprint density at radius 3 is 2.15 bits per heavy atom. The summed E-state index contributed by atoms with van der Waals surface area (Å²) in [4.78, 5) is 10.6. The van der Waals surface area contributed by atoms with Gasteiger partial charge in [-0.15, -0.1) is 0 Å². The minimum Gasteiger partial charge on any atom is -0.497 e. The lowest BCUT2D eigenvalue weighted by molar-refractivity contribution is 0.112. The summed E-state index contributed by atoms with van der Waals surface area (Å²) >= 11 is 0. The average Bonchev–Trinajstić information content (AvgIpc) is 2.53. The molecule has 0 amide bonds. The highest BCUT2D eigenvalue weighted by Gasteiger charge is 2.01. The van der Waals surface area contributed by atoms with Crippen LogP contribution in [0.25, 0.3) is 12.2 Å². The zero-order chi connectivity index (χ0) is 14.4. The summed E-state index contributed by atoms with van der Waals surface area (Å²) in [6, 6.07) is 13.0. The number of carbonyl (C=O) groups excluding carboxylic acids is 1. The highest BCUT2D eigenvalue weighted by molar-refractivity contribution is 5.77. The van der Waals surface area contributed by atoms with Crippen LogP contribution in [0.15, 0.2) is 42.5 Å². The van der Waals surface area contributed by atoms with Gasteiger partial charge in [0.2, 0.25) is 0 Å². The summed E-state index contributed by atoms with van der Waals surface area (Å²) < 4.78 is 10.5. The summed E-state index contributed by atoms with van der Waals surface area (Å²) in [7, 11) is 3.27. The second-order valence-corrected chi connectivity index (χ2v) is 4.23. The summed E-state index contributed by atoms with van der Waals surface area (Å²) in [6.07, 6.45) is 4.75. The first-order valence-electron chi connectivity index (χ1n) is 6.22. The molecule has 0 aromatic heterocycles. The Hall–Kier alpha value is -2.55. The maximum atomic E-state index is 10.6. The monoisotopic (exact) mass is 268 g/mol. The van der Waals surface area contributed by atoms with E-state index in [-0.39, 0.29) is 0 Å². The molecule has 0 saturated heterocycles. The van der Waals surface area contributed by atoms with E-state index in [1.165, 1.54) is 0 Å². The standard InChI is InChI=1S/C17H16O3/c1-19-16-9-10-17(20-2)15(11-16)8-7-13-3-5-14(12-18)6-4-13/h3-12H,1-2H3/b8-7+. The molecular formula is C17H16O3. The Morgan fingerprint density at radius 1 is 0.850 bits per heavy atom. The fourth-order valence-corrected chi connectivity index (χ4v) is 1.84. The molecule has 0 aliphatic heterocycles. The molecule has 0 spiro atoms. The number of benzene rings is 2. The predicted octanol–water partition coefficient (Wildman–Crippen LogP) is 3.69. The third-order valence-corrected chi connectivity index (χ3v) is 2.96. The first kappa shape index (κ1) is 13.9. The highest BCUT2D eigenvalue weighted by Crippen LogP contribution is 2.25. The molecule has 0 N–H and O–H groups in total. The molecule has 0 saturated carbocycles. The Kier molecular flexibility index (Phi) is 4.56. The van der Waals surface area contributed by atoms with E-state index in [4.69, 9.17) is 9.47 Å². The van der Waals surface area contributed by atoms with Crippen molar-refractivity contribution in [3.63, 3.8) is 0 Å². The van der Waals surface area contributed by atoms with Crippen molar-refractivity contribution in [2.45, 2.75) is 0 Å². The predicted molar refractivity (Wildman–Crippen MR) is 80.3 cm³/mol.